The largest absolute Gasteiger partial charge is 0.391 e. The molecule has 0 fully saturated rings. The lowest BCUT2D eigenvalue weighted by Gasteiger charge is -2.13. The average Bonchev–Trinajstić information content (AvgIpc) is 2.21. The van der Waals surface area contributed by atoms with Gasteiger partial charge in [0.2, 0.25) is 0 Å². The first-order valence-corrected chi connectivity index (χ1v) is 5.60. The van der Waals surface area contributed by atoms with Crippen LogP contribution in [0, 0.1) is 11.8 Å². The van der Waals surface area contributed by atoms with Gasteiger partial charge in [0.1, 0.15) is 6.10 Å². The van der Waals surface area contributed by atoms with E-state index in [4.69, 9.17) is 9.84 Å². The highest BCUT2D eigenvalue weighted by atomic mass is 16.5. The molecule has 0 bridgehead atoms. The molecule has 0 aromatic rings. The summed E-state index contributed by atoms with van der Waals surface area (Å²) >= 11 is 0. The molecular weight excluding hydrogens is 190 g/mol. The van der Waals surface area contributed by atoms with Crippen molar-refractivity contribution in [2.45, 2.75) is 39.9 Å². The minimum Gasteiger partial charge on any atom is -0.391 e. The van der Waals surface area contributed by atoms with Crippen LogP contribution in [0.15, 0.2) is 0 Å². The van der Waals surface area contributed by atoms with Crippen LogP contribution in [-0.4, -0.2) is 48.5 Å². The highest BCUT2D eigenvalue weighted by Crippen LogP contribution is 1.91. The molecule has 0 unspecified atom stereocenters. The van der Waals surface area contributed by atoms with Crippen molar-refractivity contribution >= 4 is 0 Å². The molecule has 0 aliphatic carbocycles. The number of hydrogen-bond acceptors (Lipinski definition) is 3. The third kappa shape index (κ3) is 8.44. The molecule has 0 aromatic carbocycles. The second-order valence-electron chi connectivity index (χ2n) is 3.61. The van der Waals surface area contributed by atoms with Crippen LogP contribution >= 0.6 is 0 Å². The van der Waals surface area contributed by atoms with Crippen LogP contribution in [-0.2, 0) is 4.74 Å². The average molecular weight is 213 g/mol. The number of aliphatic hydroxyl groups is 1. The summed E-state index contributed by atoms with van der Waals surface area (Å²) in [5.74, 6) is 6.09. The van der Waals surface area contributed by atoms with E-state index in [1.807, 2.05) is 6.92 Å². The third-order valence-corrected chi connectivity index (χ3v) is 2.09. The van der Waals surface area contributed by atoms with Crippen molar-refractivity contribution in [3.05, 3.63) is 0 Å². The molecule has 0 saturated carbocycles. The summed E-state index contributed by atoms with van der Waals surface area (Å²) in [5, 5.41) is 9.01. The van der Waals surface area contributed by atoms with Crippen molar-refractivity contribution in [3.63, 3.8) is 0 Å². The number of nitrogens with zero attached hydrogens (tertiary/aromatic N) is 1. The predicted octanol–water partition coefficient (Wildman–Crippen LogP) is 1.12. The molecular formula is C12H23NO2. The molecule has 1 N–H and O–H groups in total. The number of ether oxygens (including phenoxy) is 1. The first-order valence-electron chi connectivity index (χ1n) is 5.60. The van der Waals surface area contributed by atoms with Gasteiger partial charge in [-0.05, 0) is 26.9 Å². The lowest BCUT2D eigenvalue weighted by molar-refractivity contribution is 0.0281. The fourth-order valence-electron chi connectivity index (χ4n) is 1.07. The van der Waals surface area contributed by atoms with Crippen LogP contribution in [0.5, 0.6) is 0 Å². The first kappa shape index (κ1) is 14.4. The molecule has 0 aromatic heterocycles. The van der Waals surface area contributed by atoms with E-state index in [1.165, 1.54) is 0 Å². The standard InChI is InChI=1S/C12H23NO2/c1-5-13(6-2)9-7-8-12(4)15-10-11(3)14/h11-12,14H,5-6,9-10H2,1-4H3/t11-,12+/m1/s1. The van der Waals surface area contributed by atoms with Gasteiger partial charge in [0, 0.05) is 0 Å². The summed E-state index contributed by atoms with van der Waals surface area (Å²) in [7, 11) is 0. The van der Waals surface area contributed by atoms with Gasteiger partial charge in [-0.3, -0.25) is 4.90 Å². The Morgan fingerprint density at radius 1 is 1.27 bits per heavy atom. The van der Waals surface area contributed by atoms with Crippen molar-refractivity contribution in [1.29, 1.82) is 0 Å². The summed E-state index contributed by atoms with van der Waals surface area (Å²) in [6.45, 7) is 11.0. The summed E-state index contributed by atoms with van der Waals surface area (Å²) in [6, 6.07) is 0. The molecule has 0 aliphatic rings. The highest BCUT2D eigenvalue weighted by molar-refractivity contribution is 5.05. The normalized spacial score (nSPS) is 14.5. The Bertz CT molecular complexity index is 201. The van der Waals surface area contributed by atoms with E-state index in [-0.39, 0.29) is 6.10 Å². The zero-order valence-corrected chi connectivity index (χ0v) is 10.3. The smallest absolute Gasteiger partial charge is 0.115 e. The second kappa shape index (κ2) is 8.72. The molecule has 3 nitrogen and oxygen atoms in total. The molecule has 0 heterocycles. The predicted molar refractivity (Wildman–Crippen MR) is 62.7 cm³/mol. The van der Waals surface area contributed by atoms with E-state index in [0.717, 1.165) is 19.6 Å². The molecule has 0 saturated heterocycles. The molecule has 0 spiro atoms. The van der Waals surface area contributed by atoms with E-state index in [9.17, 15) is 0 Å². The number of aliphatic hydroxyl groups excluding tert-OH is 1. The Morgan fingerprint density at radius 2 is 1.87 bits per heavy atom. The van der Waals surface area contributed by atoms with Crippen LogP contribution < -0.4 is 0 Å². The van der Waals surface area contributed by atoms with E-state index < -0.39 is 6.10 Å². The minimum absolute atomic E-state index is 0.102. The van der Waals surface area contributed by atoms with Gasteiger partial charge < -0.3 is 9.84 Å². The zero-order valence-electron chi connectivity index (χ0n) is 10.3. The van der Waals surface area contributed by atoms with Crippen LogP contribution in [0.1, 0.15) is 27.7 Å². The Kier molecular flexibility index (Phi) is 8.40. The third-order valence-electron chi connectivity index (χ3n) is 2.09. The molecule has 2 atom stereocenters. The molecule has 0 rings (SSSR count). The summed E-state index contributed by atoms with van der Waals surface area (Å²) in [5.41, 5.74) is 0. The molecule has 88 valence electrons. The van der Waals surface area contributed by atoms with Gasteiger partial charge in [0.15, 0.2) is 0 Å². The summed E-state index contributed by atoms with van der Waals surface area (Å²) in [6.07, 6.45) is -0.521. The fourth-order valence-corrected chi connectivity index (χ4v) is 1.07. The maximum Gasteiger partial charge on any atom is 0.115 e. The Morgan fingerprint density at radius 3 is 2.33 bits per heavy atom. The van der Waals surface area contributed by atoms with Gasteiger partial charge in [-0.25, -0.2) is 0 Å². The fraction of sp³-hybridized carbons (Fsp3) is 0.833. The number of rotatable bonds is 6. The SMILES string of the molecule is CCN(CC)CC#C[C@H](C)OC[C@@H](C)O. The van der Waals surface area contributed by atoms with Gasteiger partial charge in [0.25, 0.3) is 0 Å². The van der Waals surface area contributed by atoms with Crippen molar-refractivity contribution in [2.75, 3.05) is 26.2 Å². The molecule has 15 heavy (non-hydrogen) atoms. The maximum absolute atomic E-state index is 9.01. The highest BCUT2D eigenvalue weighted by Gasteiger charge is 2.00. The van der Waals surface area contributed by atoms with Gasteiger partial charge in [-0.2, -0.15) is 0 Å². The van der Waals surface area contributed by atoms with Gasteiger partial charge in [-0.1, -0.05) is 25.7 Å². The molecule has 0 amide bonds. The summed E-state index contributed by atoms with van der Waals surface area (Å²) < 4.78 is 5.31. The van der Waals surface area contributed by atoms with E-state index in [1.54, 1.807) is 6.92 Å². The number of hydrogen-bond donors (Lipinski definition) is 1. The molecule has 3 heteroatoms. The van der Waals surface area contributed by atoms with E-state index in [0.29, 0.717) is 6.61 Å². The van der Waals surface area contributed by atoms with Crippen LogP contribution in [0.2, 0.25) is 0 Å². The lowest BCUT2D eigenvalue weighted by atomic mass is 10.3. The van der Waals surface area contributed by atoms with Crippen LogP contribution in [0.4, 0.5) is 0 Å². The van der Waals surface area contributed by atoms with Crippen molar-refractivity contribution < 1.29 is 9.84 Å². The van der Waals surface area contributed by atoms with Crippen molar-refractivity contribution in [3.8, 4) is 11.8 Å². The maximum atomic E-state index is 9.01. The van der Waals surface area contributed by atoms with Gasteiger partial charge >= 0.3 is 0 Å². The zero-order chi connectivity index (χ0) is 11.7. The topological polar surface area (TPSA) is 32.7 Å². The minimum atomic E-state index is -0.419. The molecule has 0 radical (unpaired) electrons. The summed E-state index contributed by atoms with van der Waals surface area (Å²) in [4.78, 5) is 2.24. The van der Waals surface area contributed by atoms with E-state index >= 15 is 0 Å². The Labute approximate surface area is 93.4 Å². The van der Waals surface area contributed by atoms with E-state index in [2.05, 4.69) is 30.6 Å². The van der Waals surface area contributed by atoms with Crippen molar-refractivity contribution in [2.24, 2.45) is 0 Å². The van der Waals surface area contributed by atoms with Gasteiger partial charge in [-0.15, -0.1) is 0 Å². The monoisotopic (exact) mass is 213 g/mol. The van der Waals surface area contributed by atoms with Gasteiger partial charge in [0.05, 0.1) is 19.3 Å². The first-order chi connectivity index (χ1) is 7.10. The second-order valence-corrected chi connectivity index (χ2v) is 3.61. The quantitative estimate of drug-likeness (QED) is 0.671. The van der Waals surface area contributed by atoms with Crippen LogP contribution in [0.25, 0.3) is 0 Å². The Hall–Kier alpha value is -0.560. The van der Waals surface area contributed by atoms with Crippen LogP contribution in [0.3, 0.4) is 0 Å². The molecule has 0 aliphatic heterocycles. The Balaban J connectivity index is 3.74. The van der Waals surface area contributed by atoms with Crippen molar-refractivity contribution in [1.82, 2.24) is 4.90 Å². The lowest BCUT2D eigenvalue weighted by Crippen LogP contribution is -2.23.